The average Bonchev–Trinajstić information content (AvgIpc) is 3.25. The number of fused-ring (bicyclic) bond motifs is 1. The van der Waals surface area contributed by atoms with Crippen LogP contribution in [0, 0.1) is 12.8 Å². The SMILES string of the molecule is COC(=O)[C@H]1CCCN(S(=O)(=O)c2ccc(NC(=O)c3nc4nccc(C)n4n3)cc2)C1. The molecule has 1 fully saturated rings. The molecular formula is C20H22N6O5S. The summed E-state index contributed by atoms with van der Waals surface area (Å²) in [6.07, 6.45) is 2.75. The van der Waals surface area contributed by atoms with Gasteiger partial charge in [-0.2, -0.15) is 9.29 Å². The number of esters is 1. The lowest BCUT2D eigenvalue weighted by atomic mass is 10.0. The van der Waals surface area contributed by atoms with Crippen LogP contribution < -0.4 is 5.32 Å². The van der Waals surface area contributed by atoms with Crippen molar-refractivity contribution >= 4 is 33.4 Å². The molecule has 1 atom stereocenters. The second-order valence-electron chi connectivity index (χ2n) is 7.44. The first-order valence-electron chi connectivity index (χ1n) is 9.97. The second kappa shape index (κ2) is 8.63. The van der Waals surface area contributed by atoms with Crippen LogP contribution >= 0.6 is 0 Å². The molecule has 1 aliphatic rings. The highest BCUT2D eigenvalue weighted by Gasteiger charge is 2.33. The number of hydrogen-bond donors (Lipinski definition) is 1. The lowest BCUT2D eigenvalue weighted by Crippen LogP contribution is -2.42. The molecule has 0 unspecified atom stereocenters. The predicted octanol–water partition coefficient (Wildman–Crippen LogP) is 1.26. The van der Waals surface area contributed by atoms with E-state index in [1.54, 1.807) is 12.3 Å². The zero-order valence-electron chi connectivity index (χ0n) is 17.6. The predicted molar refractivity (Wildman–Crippen MR) is 113 cm³/mol. The van der Waals surface area contributed by atoms with E-state index in [0.717, 1.165) is 5.69 Å². The number of benzene rings is 1. The first kappa shape index (κ1) is 21.8. The van der Waals surface area contributed by atoms with E-state index in [-0.39, 0.29) is 17.3 Å². The second-order valence-corrected chi connectivity index (χ2v) is 9.38. The fourth-order valence-electron chi connectivity index (χ4n) is 3.57. The van der Waals surface area contributed by atoms with E-state index >= 15 is 0 Å². The summed E-state index contributed by atoms with van der Waals surface area (Å²) < 4.78 is 33.5. The number of hydrogen-bond acceptors (Lipinski definition) is 8. The zero-order chi connectivity index (χ0) is 22.9. The number of carbonyl (C=O) groups is 2. The highest BCUT2D eigenvalue weighted by molar-refractivity contribution is 7.89. The van der Waals surface area contributed by atoms with Gasteiger partial charge in [-0.3, -0.25) is 9.59 Å². The van der Waals surface area contributed by atoms with E-state index in [2.05, 4.69) is 20.4 Å². The minimum atomic E-state index is -3.78. The van der Waals surface area contributed by atoms with E-state index in [9.17, 15) is 18.0 Å². The smallest absolute Gasteiger partial charge is 0.309 e. The van der Waals surface area contributed by atoms with E-state index < -0.39 is 27.8 Å². The van der Waals surface area contributed by atoms with Gasteiger partial charge in [0.25, 0.3) is 11.7 Å². The first-order valence-corrected chi connectivity index (χ1v) is 11.4. The molecule has 0 radical (unpaired) electrons. The Bertz CT molecular complexity index is 1270. The van der Waals surface area contributed by atoms with Gasteiger partial charge in [-0.05, 0) is 50.1 Å². The van der Waals surface area contributed by atoms with Gasteiger partial charge in [-0.15, -0.1) is 5.10 Å². The van der Waals surface area contributed by atoms with E-state index in [1.165, 1.54) is 40.2 Å². The van der Waals surface area contributed by atoms with Crippen LogP contribution in [-0.4, -0.2) is 64.4 Å². The molecule has 0 bridgehead atoms. The van der Waals surface area contributed by atoms with Crippen LogP contribution in [0.3, 0.4) is 0 Å². The number of sulfonamides is 1. The van der Waals surface area contributed by atoms with Crippen LogP contribution in [0.25, 0.3) is 5.78 Å². The molecule has 11 nitrogen and oxygen atoms in total. The summed E-state index contributed by atoms with van der Waals surface area (Å²) in [5.41, 5.74) is 1.17. The van der Waals surface area contributed by atoms with E-state index in [4.69, 9.17) is 4.74 Å². The van der Waals surface area contributed by atoms with Gasteiger partial charge in [0.05, 0.1) is 17.9 Å². The number of anilines is 1. The number of methoxy groups -OCH3 is 1. The van der Waals surface area contributed by atoms with Crippen molar-refractivity contribution in [3.8, 4) is 0 Å². The molecular weight excluding hydrogens is 436 g/mol. The Morgan fingerprint density at radius 2 is 1.94 bits per heavy atom. The zero-order valence-corrected chi connectivity index (χ0v) is 18.4. The van der Waals surface area contributed by atoms with Crippen LogP contribution in [0.4, 0.5) is 5.69 Å². The van der Waals surface area contributed by atoms with Crippen molar-refractivity contribution in [2.45, 2.75) is 24.7 Å². The van der Waals surface area contributed by atoms with Gasteiger partial charge in [-0.1, -0.05) is 0 Å². The molecule has 0 spiro atoms. The normalized spacial score (nSPS) is 17.2. The third-order valence-electron chi connectivity index (χ3n) is 5.30. The fraction of sp³-hybridized carbons (Fsp3) is 0.350. The largest absolute Gasteiger partial charge is 0.469 e. The van der Waals surface area contributed by atoms with Crippen molar-refractivity contribution in [2.75, 3.05) is 25.5 Å². The number of piperidine rings is 1. The summed E-state index contributed by atoms with van der Waals surface area (Å²) in [5, 5.41) is 6.80. The summed E-state index contributed by atoms with van der Waals surface area (Å²) >= 11 is 0. The van der Waals surface area contributed by atoms with Gasteiger partial charge in [0.1, 0.15) is 0 Å². The standard InChI is InChI=1S/C20H22N6O5S/c1-13-9-10-21-20-23-17(24-26(13)20)18(27)22-15-5-7-16(8-6-15)32(29,30)25-11-3-4-14(12-25)19(28)31-2/h5-10,14H,3-4,11-12H2,1-2H3,(H,22,27)/t14-/m0/s1. The Morgan fingerprint density at radius 1 is 1.19 bits per heavy atom. The van der Waals surface area contributed by atoms with Gasteiger partial charge >= 0.3 is 5.97 Å². The van der Waals surface area contributed by atoms with Gasteiger partial charge in [-0.25, -0.2) is 17.9 Å². The molecule has 3 aromatic rings. The number of aryl methyl sites for hydroxylation is 1. The van der Waals surface area contributed by atoms with E-state index in [0.29, 0.717) is 30.9 Å². The van der Waals surface area contributed by atoms with Crippen molar-refractivity contribution in [1.82, 2.24) is 23.9 Å². The minimum Gasteiger partial charge on any atom is -0.469 e. The van der Waals surface area contributed by atoms with Gasteiger partial charge < -0.3 is 10.1 Å². The van der Waals surface area contributed by atoms with Crippen molar-refractivity contribution < 1.29 is 22.7 Å². The molecule has 0 saturated carbocycles. The molecule has 2 aromatic heterocycles. The number of rotatable bonds is 5. The van der Waals surface area contributed by atoms with Crippen LogP contribution in [0.15, 0.2) is 41.4 Å². The third-order valence-corrected chi connectivity index (χ3v) is 7.18. The lowest BCUT2D eigenvalue weighted by molar-refractivity contribution is -0.146. The highest BCUT2D eigenvalue weighted by atomic mass is 32.2. The molecule has 168 valence electrons. The monoisotopic (exact) mass is 458 g/mol. The third kappa shape index (κ3) is 4.18. The molecule has 0 aliphatic carbocycles. The number of nitrogens with one attached hydrogen (secondary N) is 1. The van der Waals surface area contributed by atoms with Gasteiger partial charge in [0.15, 0.2) is 0 Å². The Hall–Kier alpha value is -3.38. The van der Waals surface area contributed by atoms with E-state index in [1.807, 2.05) is 6.92 Å². The molecule has 1 amide bonds. The maximum absolute atomic E-state index is 13.0. The number of ether oxygens (including phenoxy) is 1. The summed E-state index contributed by atoms with van der Waals surface area (Å²) in [6, 6.07) is 7.56. The Morgan fingerprint density at radius 3 is 2.62 bits per heavy atom. The van der Waals surface area contributed by atoms with Crippen molar-refractivity contribution in [2.24, 2.45) is 5.92 Å². The highest BCUT2D eigenvalue weighted by Crippen LogP contribution is 2.25. The maximum atomic E-state index is 13.0. The molecule has 32 heavy (non-hydrogen) atoms. The summed E-state index contributed by atoms with van der Waals surface area (Å²) in [6.45, 7) is 2.24. The number of carbonyl (C=O) groups excluding carboxylic acids is 2. The topological polar surface area (TPSA) is 136 Å². The van der Waals surface area contributed by atoms with Crippen LogP contribution in [0.5, 0.6) is 0 Å². The minimum absolute atomic E-state index is 0.0503. The Kier molecular flexibility index (Phi) is 5.89. The van der Waals surface area contributed by atoms with Crippen LogP contribution in [0.2, 0.25) is 0 Å². The molecule has 1 saturated heterocycles. The molecule has 4 rings (SSSR count). The fourth-order valence-corrected chi connectivity index (χ4v) is 5.09. The van der Waals surface area contributed by atoms with Crippen LogP contribution in [0.1, 0.15) is 29.2 Å². The molecule has 12 heteroatoms. The number of nitrogens with zero attached hydrogens (tertiary/aromatic N) is 5. The Balaban J connectivity index is 1.48. The summed E-state index contributed by atoms with van der Waals surface area (Å²) in [4.78, 5) is 32.6. The van der Waals surface area contributed by atoms with Gasteiger partial charge in [0, 0.05) is 30.7 Å². The van der Waals surface area contributed by atoms with Crippen molar-refractivity contribution in [3.05, 3.63) is 48.0 Å². The lowest BCUT2D eigenvalue weighted by Gasteiger charge is -2.30. The first-order chi connectivity index (χ1) is 15.3. The molecule has 3 heterocycles. The van der Waals surface area contributed by atoms with Gasteiger partial charge in [0.2, 0.25) is 15.8 Å². The van der Waals surface area contributed by atoms with Crippen molar-refractivity contribution in [1.29, 1.82) is 0 Å². The summed E-state index contributed by atoms with van der Waals surface area (Å²) in [7, 11) is -2.49. The number of amides is 1. The average molecular weight is 459 g/mol. The number of aromatic nitrogens is 4. The van der Waals surface area contributed by atoms with Crippen molar-refractivity contribution in [3.63, 3.8) is 0 Å². The molecule has 1 aliphatic heterocycles. The molecule has 1 N–H and O–H groups in total. The Labute approximate surface area is 184 Å². The maximum Gasteiger partial charge on any atom is 0.309 e. The molecule has 1 aromatic carbocycles. The summed E-state index contributed by atoms with van der Waals surface area (Å²) in [5.74, 6) is -1.16. The quantitative estimate of drug-likeness (QED) is 0.565. The van der Waals surface area contributed by atoms with Crippen LogP contribution in [-0.2, 0) is 19.6 Å².